The molecule has 2 aromatic carbocycles. The second kappa shape index (κ2) is 9.55. The zero-order valence-electron chi connectivity index (χ0n) is 16.3. The normalized spacial score (nSPS) is 10.1. The van der Waals surface area contributed by atoms with Gasteiger partial charge >= 0.3 is 5.97 Å². The monoisotopic (exact) mass is 385 g/mol. The number of nitrogens with one attached hydrogen (secondary N) is 1. The molecular formula is C21H23NO6. The number of carbonyl (C=O) groups excluding carboxylic acids is 3. The van der Waals surface area contributed by atoms with Gasteiger partial charge in [-0.15, -0.1) is 0 Å². The minimum atomic E-state index is -0.605. The fourth-order valence-electron chi connectivity index (χ4n) is 2.54. The first kappa shape index (κ1) is 21.0. The molecule has 0 aliphatic carbocycles. The second-order valence-electron chi connectivity index (χ2n) is 5.79. The van der Waals surface area contributed by atoms with Gasteiger partial charge in [0.25, 0.3) is 5.91 Å². The molecule has 2 rings (SSSR count). The van der Waals surface area contributed by atoms with E-state index < -0.39 is 11.9 Å². The first-order valence-electron chi connectivity index (χ1n) is 8.85. The number of carbonyl (C=O) groups is 3. The van der Waals surface area contributed by atoms with E-state index in [-0.39, 0.29) is 16.9 Å². The summed E-state index contributed by atoms with van der Waals surface area (Å²) in [7, 11) is 1.26. The molecule has 1 N–H and O–H groups in total. The molecule has 0 atom stereocenters. The lowest BCUT2D eigenvalue weighted by atomic mass is 10.1. The lowest BCUT2D eigenvalue weighted by Crippen LogP contribution is -2.15. The van der Waals surface area contributed by atoms with Gasteiger partial charge in [-0.1, -0.05) is 0 Å². The van der Waals surface area contributed by atoms with Crippen LogP contribution in [0, 0.1) is 0 Å². The topological polar surface area (TPSA) is 90.9 Å². The van der Waals surface area contributed by atoms with Gasteiger partial charge in [0, 0.05) is 11.1 Å². The highest BCUT2D eigenvalue weighted by atomic mass is 16.5. The van der Waals surface area contributed by atoms with E-state index in [1.54, 1.807) is 37.3 Å². The van der Waals surface area contributed by atoms with E-state index >= 15 is 0 Å². The molecule has 0 spiro atoms. The molecule has 0 aliphatic rings. The summed E-state index contributed by atoms with van der Waals surface area (Å²) >= 11 is 0. The molecule has 7 nitrogen and oxygen atoms in total. The van der Waals surface area contributed by atoms with Crippen LogP contribution in [0.5, 0.6) is 11.5 Å². The van der Waals surface area contributed by atoms with Crippen molar-refractivity contribution < 1.29 is 28.6 Å². The molecule has 148 valence electrons. The summed E-state index contributed by atoms with van der Waals surface area (Å²) in [5, 5.41) is 2.73. The van der Waals surface area contributed by atoms with Gasteiger partial charge in [-0.2, -0.15) is 0 Å². The molecule has 0 heterocycles. The van der Waals surface area contributed by atoms with Crippen LogP contribution in [0.1, 0.15) is 51.8 Å². The predicted molar refractivity (Wildman–Crippen MR) is 105 cm³/mol. The fourth-order valence-corrected chi connectivity index (χ4v) is 2.54. The van der Waals surface area contributed by atoms with Crippen molar-refractivity contribution in [1.82, 2.24) is 0 Å². The molecule has 0 saturated carbocycles. The second-order valence-corrected chi connectivity index (χ2v) is 5.79. The van der Waals surface area contributed by atoms with Gasteiger partial charge in [0.05, 0.1) is 26.0 Å². The largest absolute Gasteiger partial charge is 0.493 e. The number of hydrogen-bond donors (Lipinski definition) is 1. The SMILES string of the molecule is CCOc1ccc(C(C)=O)cc1NC(=O)c1ccc(OCC)c(C(=O)OC)c1. The Kier molecular flexibility index (Phi) is 7.14. The molecular weight excluding hydrogens is 362 g/mol. The Morgan fingerprint density at radius 1 is 0.893 bits per heavy atom. The summed E-state index contributed by atoms with van der Waals surface area (Å²) < 4.78 is 15.7. The van der Waals surface area contributed by atoms with Gasteiger partial charge in [-0.25, -0.2) is 4.79 Å². The molecule has 0 bridgehead atoms. The number of amides is 1. The number of benzene rings is 2. The third-order valence-corrected chi connectivity index (χ3v) is 3.88. The Hall–Kier alpha value is -3.35. The van der Waals surface area contributed by atoms with Gasteiger partial charge in [0.1, 0.15) is 17.1 Å². The van der Waals surface area contributed by atoms with E-state index in [9.17, 15) is 14.4 Å². The highest BCUT2D eigenvalue weighted by molar-refractivity contribution is 6.07. The maximum atomic E-state index is 12.7. The highest BCUT2D eigenvalue weighted by Crippen LogP contribution is 2.28. The zero-order valence-corrected chi connectivity index (χ0v) is 16.3. The standard InChI is InChI=1S/C21H23NO6/c1-5-27-18-9-8-15(11-16(18)21(25)26-4)20(24)22-17-12-14(13(3)23)7-10-19(17)28-6-2/h7-12H,5-6H2,1-4H3,(H,22,24). The van der Waals surface area contributed by atoms with E-state index in [4.69, 9.17) is 14.2 Å². The van der Waals surface area contributed by atoms with Crippen LogP contribution in [-0.4, -0.2) is 38.0 Å². The molecule has 2 aromatic rings. The number of Topliss-reactive ketones (excluding diaryl/α,β-unsaturated/α-hetero) is 1. The summed E-state index contributed by atoms with van der Waals surface area (Å²) in [6.45, 7) is 5.82. The molecule has 0 radical (unpaired) electrons. The van der Waals surface area contributed by atoms with Crippen molar-refractivity contribution in [3.63, 3.8) is 0 Å². The molecule has 0 aliphatic heterocycles. The Morgan fingerprint density at radius 3 is 2.11 bits per heavy atom. The quantitative estimate of drug-likeness (QED) is 0.550. The van der Waals surface area contributed by atoms with Gasteiger partial charge in [0.2, 0.25) is 0 Å². The van der Waals surface area contributed by atoms with Crippen molar-refractivity contribution in [3.05, 3.63) is 53.1 Å². The number of rotatable bonds is 8. The van der Waals surface area contributed by atoms with Crippen LogP contribution < -0.4 is 14.8 Å². The van der Waals surface area contributed by atoms with E-state index in [1.807, 2.05) is 6.92 Å². The molecule has 0 fully saturated rings. The van der Waals surface area contributed by atoms with Gasteiger partial charge < -0.3 is 19.5 Å². The Bertz CT molecular complexity index is 890. The Labute approximate surface area is 163 Å². The summed E-state index contributed by atoms with van der Waals surface area (Å²) in [5.41, 5.74) is 1.20. The van der Waals surface area contributed by atoms with E-state index in [2.05, 4.69) is 5.32 Å². The minimum absolute atomic E-state index is 0.132. The Morgan fingerprint density at radius 2 is 1.50 bits per heavy atom. The van der Waals surface area contributed by atoms with E-state index in [0.717, 1.165) is 0 Å². The summed E-state index contributed by atoms with van der Waals surface area (Å²) in [5.74, 6) is -0.423. The van der Waals surface area contributed by atoms with Crippen LogP contribution in [0.3, 0.4) is 0 Å². The van der Waals surface area contributed by atoms with Gasteiger partial charge in [-0.3, -0.25) is 9.59 Å². The first-order valence-corrected chi connectivity index (χ1v) is 8.85. The summed E-state index contributed by atoms with van der Waals surface area (Å²) in [6.07, 6.45) is 0. The highest BCUT2D eigenvalue weighted by Gasteiger charge is 2.18. The average Bonchev–Trinajstić information content (AvgIpc) is 2.69. The number of ether oxygens (including phenoxy) is 3. The fraction of sp³-hybridized carbons (Fsp3) is 0.286. The lowest BCUT2D eigenvalue weighted by molar-refractivity contribution is 0.0596. The van der Waals surface area contributed by atoms with E-state index in [1.165, 1.54) is 20.1 Å². The molecule has 0 unspecified atom stereocenters. The maximum absolute atomic E-state index is 12.7. The Balaban J connectivity index is 2.38. The maximum Gasteiger partial charge on any atom is 0.341 e. The number of methoxy groups -OCH3 is 1. The van der Waals surface area contributed by atoms with Crippen LogP contribution >= 0.6 is 0 Å². The van der Waals surface area contributed by atoms with Crippen molar-refractivity contribution in [2.45, 2.75) is 20.8 Å². The van der Waals surface area contributed by atoms with Gasteiger partial charge in [0.15, 0.2) is 5.78 Å². The van der Waals surface area contributed by atoms with Gasteiger partial charge in [-0.05, 0) is 57.2 Å². The molecule has 7 heteroatoms. The number of anilines is 1. The van der Waals surface area contributed by atoms with E-state index in [0.29, 0.717) is 36.0 Å². The first-order chi connectivity index (χ1) is 13.4. The number of hydrogen-bond acceptors (Lipinski definition) is 6. The molecule has 0 aromatic heterocycles. The lowest BCUT2D eigenvalue weighted by Gasteiger charge is -2.14. The van der Waals surface area contributed by atoms with Crippen molar-refractivity contribution in [3.8, 4) is 11.5 Å². The number of ketones is 1. The molecule has 0 saturated heterocycles. The van der Waals surface area contributed by atoms with Crippen molar-refractivity contribution in [1.29, 1.82) is 0 Å². The molecule has 1 amide bonds. The van der Waals surface area contributed by atoms with Crippen molar-refractivity contribution >= 4 is 23.3 Å². The third-order valence-electron chi connectivity index (χ3n) is 3.88. The smallest absolute Gasteiger partial charge is 0.341 e. The van der Waals surface area contributed by atoms with Crippen LogP contribution in [0.25, 0.3) is 0 Å². The van der Waals surface area contributed by atoms with Crippen molar-refractivity contribution in [2.24, 2.45) is 0 Å². The average molecular weight is 385 g/mol. The summed E-state index contributed by atoms with van der Waals surface area (Å²) in [4.78, 5) is 36.4. The third kappa shape index (κ3) is 4.88. The van der Waals surface area contributed by atoms with Crippen LogP contribution in [0.15, 0.2) is 36.4 Å². The van der Waals surface area contributed by atoms with Crippen LogP contribution in [-0.2, 0) is 4.74 Å². The van der Waals surface area contributed by atoms with Crippen LogP contribution in [0.2, 0.25) is 0 Å². The molecule has 28 heavy (non-hydrogen) atoms. The number of esters is 1. The minimum Gasteiger partial charge on any atom is -0.493 e. The predicted octanol–water partition coefficient (Wildman–Crippen LogP) is 3.73. The zero-order chi connectivity index (χ0) is 20.7. The van der Waals surface area contributed by atoms with Crippen LogP contribution in [0.4, 0.5) is 5.69 Å². The summed E-state index contributed by atoms with van der Waals surface area (Å²) in [6, 6.07) is 9.31. The van der Waals surface area contributed by atoms with Crippen molar-refractivity contribution in [2.75, 3.05) is 25.6 Å².